The number of aliphatic hydroxyl groups excluding tert-OH is 1. The van der Waals surface area contributed by atoms with Gasteiger partial charge in [0.05, 0.1) is 6.54 Å². The van der Waals surface area contributed by atoms with E-state index in [-0.39, 0.29) is 18.6 Å². The number of terminal acetylenes is 1. The van der Waals surface area contributed by atoms with E-state index in [0.29, 0.717) is 23.0 Å². The predicted molar refractivity (Wildman–Crippen MR) is 131 cm³/mol. The number of rotatable bonds is 10. The smallest absolute Gasteiger partial charge is 0.254 e. The monoisotopic (exact) mass is 452 g/mol. The van der Waals surface area contributed by atoms with Gasteiger partial charge in [0, 0.05) is 29.8 Å². The molecule has 2 N–H and O–H groups in total. The Kier molecular flexibility index (Phi) is 9.62. The zero-order valence-electron chi connectivity index (χ0n) is 18.6. The van der Waals surface area contributed by atoms with E-state index in [2.05, 4.69) is 35.5 Å². The van der Waals surface area contributed by atoms with Gasteiger partial charge in [-0.3, -0.25) is 4.79 Å². The summed E-state index contributed by atoms with van der Waals surface area (Å²) in [6, 6.07) is 16.1. The fraction of sp³-hybridized carbons (Fsp3) is 0.444. The molecule has 1 aliphatic rings. The van der Waals surface area contributed by atoms with Gasteiger partial charge >= 0.3 is 0 Å². The van der Waals surface area contributed by atoms with Crippen molar-refractivity contribution in [2.45, 2.75) is 57.0 Å². The van der Waals surface area contributed by atoms with Gasteiger partial charge in [-0.1, -0.05) is 41.8 Å². The first-order valence-corrected chi connectivity index (χ1v) is 11.9. The van der Waals surface area contributed by atoms with E-state index in [1.807, 2.05) is 4.90 Å². The van der Waals surface area contributed by atoms with E-state index in [0.717, 1.165) is 51.6 Å². The van der Waals surface area contributed by atoms with Crippen molar-refractivity contribution >= 4 is 17.5 Å². The number of carbonyl (C=O) groups excluding carboxylic acids is 1. The fourth-order valence-corrected chi connectivity index (χ4v) is 4.57. The standard InChI is InChI=1S/C27H33ClN2O2/c1-2-18-30(27(32)24-9-13-25(28)14-10-24)26-15-11-23(12-16-26)22-7-5-21(6-8-22)20-29-17-3-4-19-31/h1,5-10,13-14,23,26,29,31H,3-4,11-12,15-20H2. The van der Waals surface area contributed by atoms with Crippen molar-refractivity contribution in [2.24, 2.45) is 0 Å². The highest BCUT2D eigenvalue weighted by molar-refractivity contribution is 6.30. The van der Waals surface area contributed by atoms with Crippen LogP contribution in [0.4, 0.5) is 0 Å². The van der Waals surface area contributed by atoms with Gasteiger partial charge in [0.2, 0.25) is 0 Å². The van der Waals surface area contributed by atoms with Gasteiger partial charge in [0.1, 0.15) is 0 Å². The molecule has 170 valence electrons. The molecular formula is C27H33ClN2O2. The van der Waals surface area contributed by atoms with E-state index in [9.17, 15) is 4.79 Å². The first-order chi connectivity index (χ1) is 15.6. The Balaban J connectivity index is 1.53. The van der Waals surface area contributed by atoms with Crippen LogP contribution in [0.5, 0.6) is 0 Å². The maximum Gasteiger partial charge on any atom is 0.254 e. The molecule has 0 aromatic heterocycles. The molecule has 1 amide bonds. The molecule has 4 nitrogen and oxygen atoms in total. The largest absolute Gasteiger partial charge is 0.396 e. The summed E-state index contributed by atoms with van der Waals surface area (Å²) in [5.74, 6) is 3.17. The topological polar surface area (TPSA) is 52.6 Å². The fourth-order valence-electron chi connectivity index (χ4n) is 4.45. The van der Waals surface area contributed by atoms with E-state index >= 15 is 0 Å². The average Bonchev–Trinajstić information content (AvgIpc) is 2.83. The molecule has 3 rings (SSSR count). The van der Waals surface area contributed by atoms with Gasteiger partial charge in [-0.2, -0.15) is 0 Å². The van der Waals surface area contributed by atoms with Gasteiger partial charge < -0.3 is 15.3 Å². The number of carbonyl (C=O) groups is 1. The molecule has 1 aliphatic carbocycles. The third-order valence-corrected chi connectivity index (χ3v) is 6.55. The van der Waals surface area contributed by atoms with Gasteiger partial charge in [0.15, 0.2) is 0 Å². The van der Waals surface area contributed by atoms with Crippen LogP contribution in [-0.2, 0) is 6.54 Å². The molecule has 0 heterocycles. The lowest BCUT2D eigenvalue weighted by molar-refractivity contribution is 0.0660. The number of halogens is 1. The van der Waals surface area contributed by atoms with Crippen molar-refractivity contribution in [1.29, 1.82) is 0 Å². The molecule has 0 radical (unpaired) electrons. The Morgan fingerprint density at radius 1 is 1.06 bits per heavy atom. The molecule has 1 fully saturated rings. The van der Waals surface area contributed by atoms with Crippen molar-refractivity contribution in [2.75, 3.05) is 19.7 Å². The normalized spacial score (nSPS) is 18.2. The number of nitrogens with one attached hydrogen (secondary N) is 1. The minimum Gasteiger partial charge on any atom is -0.396 e. The molecule has 5 heteroatoms. The summed E-state index contributed by atoms with van der Waals surface area (Å²) >= 11 is 5.96. The lowest BCUT2D eigenvalue weighted by Gasteiger charge is -2.36. The minimum atomic E-state index is -0.0149. The maximum atomic E-state index is 13.0. The van der Waals surface area contributed by atoms with Crippen LogP contribution in [0, 0.1) is 12.3 Å². The Morgan fingerprint density at radius 2 is 1.75 bits per heavy atom. The molecule has 0 bridgehead atoms. The molecule has 32 heavy (non-hydrogen) atoms. The second-order valence-electron chi connectivity index (χ2n) is 8.50. The average molecular weight is 453 g/mol. The number of hydrogen-bond donors (Lipinski definition) is 2. The van der Waals surface area contributed by atoms with Crippen LogP contribution in [0.2, 0.25) is 5.02 Å². The molecular weight excluding hydrogens is 420 g/mol. The predicted octanol–water partition coefficient (Wildman–Crippen LogP) is 5.00. The van der Waals surface area contributed by atoms with Crippen molar-refractivity contribution in [3.05, 3.63) is 70.2 Å². The van der Waals surface area contributed by atoms with E-state index in [1.54, 1.807) is 24.3 Å². The number of aliphatic hydroxyl groups is 1. The summed E-state index contributed by atoms with van der Waals surface area (Å²) in [6.07, 6.45) is 11.5. The highest BCUT2D eigenvalue weighted by atomic mass is 35.5. The zero-order chi connectivity index (χ0) is 22.8. The van der Waals surface area contributed by atoms with Crippen LogP contribution in [0.1, 0.15) is 65.9 Å². The van der Waals surface area contributed by atoms with Crippen molar-refractivity contribution in [3.63, 3.8) is 0 Å². The van der Waals surface area contributed by atoms with Crippen LogP contribution >= 0.6 is 11.6 Å². The summed E-state index contributed by atoms with van der Waals surface area (Å²) in [5.41, 5.74) is 3.28. The number of hydrogen-bond acceptors (Lipinski definition) is 3. The zero-order valence-corrected chi connectivity index (χ0v) is 19.4. The molecule has 2 aromatic rings. The molecule has 0 spiro atoms. The lowest BCUT2D eigenvalue weighted by atomic mass is 9.81. The summed E-state index contributed by atoms with van der Waals surface area (Å²) in [5, 5.41) is 12.9. The Labute approximate surface area is 197 Å². The number of amides is 1. The van der Waals surface area contributed by atoms with Gasteiger partial charge in [0.25, 0.3) is 5.91 Å². The first-order valence-electron chi connectivity index (χ1n) is 11.5. The Morgan fingerprint density at radius 3 is 2.38 bits per heavy atom. The highest BCUT2D eigenvalue weighted by Crippen LogP contribution is 2.35. The Bertz CT molecular complexity index is 881. The van der Waals surface area contributed by atoms with Crippen LogP contribution in [0.25, 0.3) is 0 Å². The number of benzene rings is 2. The van der Waals surface area contributed by atoms with Crippen LogP contribution < -0.4 is 5.32 Å². The highest BCUT2D eigenvalue weighted by Gasteiger charge is 2.29. The third-order valence-electron chi connectivity index (χ3n) is 6.29. The summed E-state index contributed by atoms with van der Waals surface area (Å²) < 4.78 is 0. The molecule has 0 saturated heterocycles. The second-order valence-corrected chi connectivity index (χ2v) is 8.94. The van der Waals surface area contributed by atoms with Crippen molar-refractivity contribution in [1.82, 2.24) is 10.2 Å². The van der Waals surface area contributed by atoms with E-state index in [4.69, 9.17) is 23.1 Å². The molecule has 0 aliphatic heterocycles. The Hall–Kier alpha value is -2.32. The minimum absolute atomic E-state index is 0.0149. The van der Waals surface area contributed by atoms with E-state index in [1.165, 1.54) is 11.1 Å². The van der Waals surface area contributed by atoms with Crippen LogP contribution in [-0.4, -0.2) is 41.7 Å². The van der Waals surface area contributed by atoms with Crippen molar-refractivity contribution in [3.8, 4) is 12.3 Å². The van der Waals surface area contributed by atoms with E-state index < -0.39 is 0 Å². The number of nitrogens with zero attached hydrogens (tertiary/aromatic N) is 1. The third kappa shape index (κ3) is 6.84. The lowest BCUT2D eigenvalue weighted by Crippen LogP contribution is -2.42. The summed E-state index contributed by atoms with van der Waals surface area (Å²) in [4.78, 5) is 14.9. The van der Waals surface area contributed by atoms with Gasteiger partial charge in [-0.25, -0.2) is 0 Å². The summed E-state index contributed by atoms with van der Waals surface area (Å²) in [7, 11) is 0. The first kappa shape index (κ1) is 24.3. The molecule has 1 saturated carbocycles. The van der Waals surface area contributed by atoms with Gasteiger partial charge in [-0.15, -0.1) is 6.42 Å². The molecule has 2 aromatic carbocycles. The van der Waals surface area contributed by atoms with Crippen LogP contribution in [0.15, 0.2) is 48.5 Å². The quantitative estimate of drug-likeness (QED) is 0.394. The SMILES string of the molecule is C#CCN(C(=O)c1ccc(Cl)cc1)C1CCC(c2ccc(CNCCCCO)cc2)CC1. The second kappa shape index (κ2) is 12.6. The van der Waals surface area contributed by atoms with Crippen molar-refractivity contribution < 1.29 is 9.90 Å². The van der Waals surface area contributed by atoms with Crippen LogP contribution in [0.3, 0.4) is 0 Å². The molecule has 0 unspecified atom stereocenters. The van der Waals surface area contributed by atoms with Gasteiger partial charge in [-0.05, 0) is 86.4 Å². The maximum absolute atomic E-state index is 13.0. The molecule has 0 atom stereocenters. The summed E-state index contributed by atoms with van der Waals surface area (Å²) in [6.45, 7) is 2.37. The number of unbranched alkanes of at least 4 members (excludes halogenated alkanes) is 1.